The van der Waals surface area contributed by atoms with E-state index in [0.29, 0.717) is 13.0 Å². The van der Waals surface area contributed by atoms with Crippen molar-refractivity contribution in [3.8, 4) is 0 Å². The maximum Gasteiger partial charge on any atom is 0.226 e. The summed E-state index contributed by atoms with van der Waals surface area (Å²) in [5.74, 6) is 3.92. The molecular formula is C18H22BrN5OS. The second-order valence-electron chi connectivity index (χ2n) is 6.05. The van der Waals surface area contributed by atoms with Crippen LogP contribution >= 0.6 is 27.7 Å². The Morgan fingerprint density at radius 3 is 2.88 bits per heavy atom. The van der Waals surface area contributed by atoms with Crippen LogP contribution in [0.3, 0.4) is 0 Å². The normalized spacial score (nSPS) is 14.2. The van der Waals surface area contributed by atoms with Crippen molar-refractivity contribution in [1.82, 2.24) is 9.97 Å². The Morgan fingerprint density at radius 2 is 2.08 bits per heavy atom. The van der Waals surface area contributed by atoms with E-state index in [1.54, 1.807) is 6.33 Å². The van der Waals surface area contributed by atoms with Gasteiger partial charge in [0.25, 0.3) is 0 Å². The summed E-state index contributed by atoms with van der Waals surface area (Å²) in [5.41, 5.74) is 1.87. The van der Waals surface area contributed by atoms with E-state index in [2.05, 4.69) is 41.4 Å². The highest BCUT2D eigenvalue weighted by Crippen LogP contribution is 2.21. The summed E-state index contributed by atoms with van der Waals surface area (Å²) < 4.78 is 0.946. The highest BCUT2D eigenvalue weighted by atomic mass is 79.9. The Labute approximate surface area is 166 Å². The second-order valence-corrected chi connectivity index (χ2v) is 8.19. The number of aryl methyl sites for hydroxylation is 1. The number of carbonyl (C=O) groups excluding carboxylic acids is 1. The van der Waals surface area contributed by atoms with Crippen LogP contribution in [0, 0.1) is 6.92 Å². The Bertz CT molecular complexity index is 767. The number of anilines is 3. The lowest BCUT2D eigenvalue weighted by atomic mass is 10.2. The number of halogens is 1. The number of aromatic nitrogens is 2. The summed E-state index contributed by atoms with van der Waals surface area (Å²) in [5, 5.41) is 6.16. The van der Waals surface area contributed by atoms with Gasteiger partial charge in [0.2, 0.25) is 5.91 Å². The fourth-order valence-electron chi connectivity index (χ4n) is 2.65. The van der Waals surface area contributed by atoms with E-state index in [4.69, 9.17) is 0 Å². The first-order valence-electron chi connectivity index (χ1n) is 8.56. The van der Waals surface area contributed by atoms with Crippen LogP contribution in [0.4, 0.5) is 17.3 Å². The first-order valence-corrected chi connectivity index (χ1v) is 10.5. The molecule has 2 N–H and O–H groups in total. The van der Waals surface area contributed by atoms with Gasteiger partial charge in [0.05, 0.1) is 0 Å². The smallest absolute Gasteiger partial charge is 0.226 e. The van der Waals surface area contributed by atoms with Gasteiger partial charge in [-0.15, -0.1) is 0 Å². The minimum Gasteiger partial charge on any atom is -0.369 e. The number of thioether (sulfide) groups is 1. The molecule has 26 heavy (non-hydrogen) atoms. The molecule has 1 aromatic heterocycles. The maximum absolute atomic E-state index is 12.2. The van der Waals surface area contributed by atoms with E-state index < -0.39 is 0 Å². The molecule has 1 fully saturated rings. The quantitative estimate of drug-likeness (QED) is 0.722. The van der Waals surface area contributed by atoms with Gasteiger partial charge in [0.1, 0.15) is 18.0 Å². The van der Waals surface area contributed by atoms with E-state index in [-0.39, 0.29) is 5.91 Å². The van der Waals surface area contributed by atoms with Gasteiger partial charge in [-0.25, -0.2) is 9.97 Å². The molecule has 1 aliphatic rings. The van der Waals surface area contributed by atoms with Gasteiger partial charge >= 0.3 is 0 Å². The molecule has 3 rings (SSSR count). The predicted octanol–water partition coefficient (Wildman–Crippen LogP) is 3.54. The minimum atomic E-state index is -0.0268. The first kappa shape index (κ1) is 19.0. The third-order valence-corrected chi connectivity index (χ3v) is 5.56. The number of carbonyl (C=O) groups is 1. The molecule has 2 aromatic rings. The van der Waals surface area contributed by atoms with Crippen molar-refractivity contribution in [2.45, 2.75) is 13.3 Å². The second kappa shape index (κ2) is 9.23. The molecule has 1 aromatic carbocycles. The molecule has 0 atom stereocenters. The van der Waals surface area contributed by atoms with Gasteiger partial charge in [0.15, 0.2) is 0 Å². The van der Waals surface area contributed by atoms with Crippen molar-refractivity contribution in [2.75, 3.05) is 46.7 Å². The molecule has 0 aliphatic carbocycles. The third-order valence-electron chi connectivity index (χ3n) is 4.12. The zero-order valence-electron chi connectivity index (χ0n) is 14.7. The summed E-state index contributed by atoms with van der Waals surface area (Å²) >= 11 is 5.39. The molecule has 138 valence electrons. The Morgan fingerprint density at radius 1 is 1.27 bits per heavy atom. The number of amides is 1. The van der Waals surface area contributed by atoms with Crippen LogP contribution in [0.25, 0.3) is 0 Å². The Kier molecular flexibility index (Phi) is 6.73. The lowest BCUT2D eigenvalue weighted by Crippen LogP contribution is -2.33. The average Bonchev–Trinajstić information content (AvgIpc) is 2.66. The summed E-state index contributed by atoms with van der Waals surface area (Å²) in [7, 11) is 0. The first-order chi connectivity index (χ1) is 12.6. The molecule has 0 radical (unpaired) electrons. The number of rotatable bonds is 6. The van der Waals surface area contributed by atoms with Crippen molar-refractivity contribution in [2.24, 2.45) is 0 Å². The van der Waals surface area contributed by atoms with Crippen LogP contribution in [0.5, 0.6) is 0 Å². The summed E-state index contributed by atoms with van der Waals surface area (Å²) in [4.78, 5) is 23.1. The van der Waals surface area contributed by atoms with Gasteiger partial charge in [-0.3, -0.25) is 4.79 Å². The van der Waals surface area contributed by atoms with Crippen LogP contribution in [-0.4, -0.2) is 47.0 Å². The van der Waals surface area contributed by atoms with Gasteiger partial charge < -0.3 is 15.5 Å². The fourth-order valence-corrected chi connectivity index (χ4v) is 3.92. The summed E-state index contributed by atoms with van der Waals surface area (Å²) in [6.07, 6.45) is 1.94. The largest absolute Gasteiger partial charge is 0.369 e. The summed E-state index contributed by atoms with van der Waals surface area (Å²) in [6, 6.07) is 7.79. The standard InChI is InChI=1S/C18H22BrN5OS/c1-13-2-3-14(19)10-15(13)23-18(25)4-5-20-16-11-17(22-12-21-16)24-6-8-26-9-7-24/h2-3,10-12H,4-9H2,1H3,(H,23,25)(H,20,21,22). The number of hydrogen-bond donors (Lipinski definition) is 2. The Balaban J connectivity index is 1.50. The van der Waals surface area contributed by atoms with Crippen molar-refractivity contribution in [1.29, 1.82) is 0 Å². The van der Waals surface area contributed by atoms with Gasteiger partial charge in [-0.2, -0.15) is 11.8 Å². The molecule has 1 saturated heterocycles. The van der Waals surface area contributed by atoms with E-state index in [9.17, 15) is 4.79 Å². The molecule has 1 amide bonds. The van der Waals surface area contributed by atoms with E-state index in [1.807, 2.05) is 43.0 Å². The highest BCUT2D eigenvalue weighted by Gasteiger charge is 2.13. The van der Waals surface area contributed by atoms with Crippen LogP contribution in [0.2, 0.25) is 0 Å². The van der Waals surface area contributed by atoms with Crippen molar-refractivity contribution in [3.05, 3.63) is 40.6 Å². The zero-order chi connectivity index (χ0) is 18.4. The number of hydrogen-bond acceptors (Lipinski definition) is 6. The predicted molar refractivity (Wildman–Crippen MR) is 112 cm³/mol. The minimum absolute atomic E-state index is 0.0268. The van der Waals surface area contributed by atoms with Crippen molar-refractivity contribution in [3.63, 3.8) is 0 Å². The SMILES string of the molecule is Cc1ccc(Br)cc1NC(=O)CCNc1cc(N2CCSCC2)ncn1. The van der Waals surface area contributed by atoms with Crippen LogP contribution in [0.15, 0.2) is 35.1 Å². The average molecular weight is 436 g/mol. The molecule has 0 saturated carbocycles. The summed E-state index contributed by atoms with van der Waals surface area (Å²) in [6.45, 7) is 4.51. The Hall–Kier alpha value is -1.80. The maximum atomic E-state index is 12.2. The van der Waals surface area contributed by atoms with E-state index >= 15 is 0 Å². The van der Waals surface area contributed by atoms with Gasteiger partial charge in [-0.05, 0) is 24.6 Å². The highest BCUT2D eigenvalue weighted by molar-refractivity contribution is 9.10. The van der Waals surface area contributed by atoms with Gasteiger partial charge in [-0.1, -0.05) is 22.0 Å². The van der Waals surface area contributed by atoms with E-state index in [1.165, 1.54) is 0 Å². The molecule has 0 bridgehead atoms. The molecule has 8 heteroatoms. The molecule has 6 nitrogen and oxygen atoms in total. The molecule has 2 heterocycles. The lowest BCUT2D eigenvalue weighted by molar-refractivity contribution is -0.115. The van der Waals surface area contributed by atoms with Crippen LogP contribution in [0.1, 0.15) is 12.0 Å². The van der Waals surface area contributed by atoms with Crippen molar-refractivity contribution < 1.29 is 4.79 Å². The fraction of sp³-hybridized carbons (Fsp3) is 0.389. The molecule has 0 unspecified atom stereocenters. The number of benzene rings is 1. The van der Waals surface area contributed by atoms with Crippen LogP contribution < -0.4 is 15.5 Å². The monoisotopic (exact) mass is 435 g/mol. The van der Waals surface area contributed by atoms with Crippen LogP contribution in [-0.2, 0) is 4.79 Å². The van der Waals surface area contributed by atoms with Gasteiger partial charge in [0, 0.05) is 53.8 Å². The van der Waals surface area contributed by atoms with Crippen molar-refractivity contribution >= 4 is 50.9 Å². The number of nitrogens with zero attached hydrogens (tertiary/aromatic N) is 3. The molecule has 0 spiro atoms. The topological polar surface area (TPSA) is 70.2 Å². The zero-order valence-corrected chi connectivity index (χ0v) is 17.1. The third kappa shape index (κ3) is 5.35. The molecular weight excluding hydrogens is 414 g/mol. The number of nitrogens with one attached hydrogen (secondary N) is 2. The van der Waals surface area contributed by atoms with E-state index in [0.717, 1.165) is 52.0 Å². The molecule has 1 aliphatic heterocycles. The lowest BCUT2D eigenvalue weighted by Gasteiger charge is -2.27.